The molecule has 20 heavy (non-hydrogen) atoms. The number of fused-ring (bicyclic) bond motifs is 1. The van der Waals surface area contributed by atoms with Gasteiger partial charge in [0.25, 0.3) is 0 Å². The van der Waals surface area contributed by atoms with Crippen LogP contribution in [0.3, 0.4) is 0 Å². The number of hydrogen-bond donors (Lipinski definition) is 0. The van der Waals surface area contributed by atoms with Gasteiger partial charge in [-0.05, 0) is 94.3 Å². The van der Waals surface area contributed by atoms with Gasteiger partial charge in [-0.3, -0.25) is 0 Å². The molecular weight excluding hydrogens is 246 g/mol. The molecule has 0 saturated heterocycles. The monoisotopic (exact) mass is 273 g/mol. The van der Waals surface area contributed by atoms with E-state index in [0.717, 1.165) is 25.5 Å². The second kappa shape index (κ2) is 6.17. The number of benzene rings is 1. The normalized spacial score (nSPS) is 17.6. The standard InChI is InChI=1S/C18H27NO/c1-19(2)10-4-7-17-11-15-5-3-6-16(15)12-18(17)20-13-14-8-9-14/h11-12,14H,3-10,13H2,1-2H3. The van der Waals surface area contributed by atoms with E-state index in [0.29, 0.717) is 0 Å². The zero-order valence-corrected chi connectivity index (χ0v) is 13.0. The van der Waals surface area contributed by atoms with Crippen molar-refractivity contribution in [2.75, 3.05) is 27.2 Å². The maximum atomic E-state index is 6.13. The SMILES string of the molecule is CN(C)CCCc1cc2c(cc1OCC1CC1)CCC2. The highest BCUT2D eigenvalue weighted by Crippen LogP contribution is 2.34. The first-order valence-corrected chi connectivity index (χ1v) is 8.14. The number of aryl methyl sites for hydroxylation is 3. The summed E-state index contributed by atoms with van der Waals surface area (Å²) in [4.78, 5) is 2.26. The Balaban J connectivity index is 1.70. The summed E-state index contributed by atoms with van der Waals surface area (Å²) in [7, 11) is 4.29. The lowest BCUT2D eigenvalue weighted by Gasteiger charge is -2.15. The van der Waals surface area contributed by atoms with E-state index >= 15 is 0 Å². The highest BCUT2D eigenvalue weighted by molar-refractivity contribution is 5.45. The number of ether oxygens (including phenoxy) is 1. The van der Waals surface area contributed by atoms with Crippen LogP contribution in [0.4, 0.5) is 0 Å². The van der Waals surface area contributed by atoms with E-state index in [1.54, 1.807) is 5.56 Å². The van der Waals surface area contributed by atoms with E-state index < -0.39 is 0 Å². The second-order valence-corrected chi connectivity index (χ2v) is 6.74. The molecule has 0 heterocycles. The van der Waals surface area contributed by atoms with Crippen LogP contribution in [0.15, 0.2) is 12.1 Å². The minimum atomic E-state index is 0.831. The van der Waals surface area contributed by atoms with Gasteiger partial charge in [0, 0.05) is 0 Å². The van der Waals surface area contributed by atoms with Gasteiger partial charge in [-0.1, -0.05) is 6.07 Å². The lowest BCUT2D eigenvalue weighted by molar-refractivity contribution is 0.295. The second-order valence-electron chi connectivity index (χ2n) is 6.74. The van der Waals surface area contributed by atoms with Crippen molar-refractivity contribution in [2.45, 2.75) is 44.9 Å². The molecule has 0 unspecified atom stereocenters. The molecule has 2 nitrogen and oxygen atoms in total. The summed E-state index contributed by atoms with van der Waals surface area (Å²) in [6.45, 7) is 2.08. The van der Waals surface area contributed by atoms with Crippen LogP contribution in [0.5, 0.6) is 5.75 Å². The summed E-state index contributed by atoms with van der Waals surface area (Å²) in [5.41, 5.74) is 4.55. The van der Waals surface area contributed by atoms with Gasteiger partial charge >= 0.3 is 0 Å². The third-order valence-electron chi connectivity index (χ3n) is 4.50. The fourth-order valence-electron chi connectivity index (χ4n) is 3.06. The van der Waals surface area contributed by atoms with Crippen LogP contribution >= 0.6 is 0 Å². The largest absolute Gasteiger partial charge is 0.493 e. The molecule has 2 aliphatic rings. The molecule has 0 atom stereocenters. The average Bonchev–Trinajstić information content (AvgIpc) is 3.13. The van der Waals surface area contributed by atoms with E-state index in [2.05, 4.69) is 31.1 Å². The van der Waals surface area contributed by atoms with E-state index in [9.17, 15) is 0 Å². The predicted octanol–water partition coefficient (Wildman–Crippen LogP) is 3.46. The minimum Gasteiger partial charge on any atom is -0.493 e. The molecule has 0 N–H and O–H groups in total. The highest BCUT2D eigenvalue weighted by Gasteiger charge is 2.23. The molecule has 2 heteroatoms. The van der Waals surface area contributed by atoms with Crippen LogP contribution in [0.1, 0.15) is 42.4 Å². The molecule has 0 spiro atoms. The van der Waals surface area contributed by atoms with Gasteiger partial charge in [0.15, 0.2) is 0 Å². The summed E-state index contributed by atoms with van der Waals surface area (Å²) in [6, 6.07) is 4.77. The summed E-state index contributed by atoms with van der Waals surface area (Å²) >= 11 is 0. The topological polar surface area (TPSA) is 12.5 Å². The van der Waals surface area contributed by atoms with Gasteiger partial charge in [-0.2, -0.15) is 0 Å². The molecule has 110 valence electrons. The molecule has 0 radical (unpaired) electrons. The van der Waals surface area contributed by atoms with Crippen molar-refractivity contribution in [1.29, 1.82) is 0 Å². The smallest absolute Gasteiger partial charge is 0.122 e. The first kappa shape index (κ1) is 13.9. The molecule has 0 aromatic heterocycles. The molecule has 1 aromatic rings. The first-order chi connectivity index (χ1) is 9.72. The minimum absolute atomic E-state index is 0.831. The van der Waals surface area contributed by atoms with E-state index in [1.807, 2.05) is 0 Å². The van der Waals surface area contributed by atoms with Crippen molar-refractivity contribution in [1.82, 2.24) is 4.90 Å². The number of nitrogens with zero attached hydrogens (tertiary/aromatic N) is 1. The average molecular weight is 273 g/mol. The highest BCUT2D eigenvalue weighted by atomic mass is 16.5. The molecule has 1 saturated carbocycles. The van der Waals surface area contributed by atoms with Crippen LogP contribution in [-0.4, -0.2) is 32.1 Å². The Morgan fingerprint density at radius 3 is 2.60 bits per heavy atom. The molecule has 2 aliphatic carbocycles. The van der Waals surface area contributed by atoms with Gasteiger partial charge < -0.3 is 9.64 Å². The Kier molecular flexibility index (Phi) is 4.30. The first-order valence-electron chi connectivity index (χ1n) is 8.14. The maximum absolute atomic E-state index is 6.13. The third-order valence-corrected chi connectivity index (χ3v) is 4.50. The molecule has 0 bridgehead atoms. The van der Waals surface area contributed by atoms with Gasteiger partial charge in [0.05, 0.1) is 6.61 Å². The summed E-state index contributed by atoms with van der Waals surface area (Å²) in [5.74, 6) is 2.01. The van der Waals surface area contributed by atoms with Crippen LogP contribution in [0, 0.1) is 5.92 Å². The van der Waals surface area contributed by atoms with Crippen LogP contribution in [0.25, 0.3) is 0 Å². The lowest BCUT2D eigenvalue weighted by Crippen LogP contribution is -2.14. The lowest BCUT2D eigenvalue weighted by atomic mass is 10.0. The Morgan fingerprint density at radius 2 is 1.90 bits per heavy atom. The van der Waals surface area contributed by atoms with Gasteiger partial charge in [0.1, 0.15) is 5.75 Å². The van der Waals surface area contributed by atoms with Crippen molar-refractivity contribution in [2.24, 2.45) is 5.92 Å². The Morgan fingerprint density at radius 1 is 1.15 bits per heavy atom. The van der Waals surface area contributed by atoms with Crippen LogP contribution in [-0.2, 0) is 19.3 Å². The Labute approximate surface area is 123 Å². The Hall–Kier alpha value is -1.02. The van der Waals surface area contributed by atoms with Gasteiger partial charge in [-0.25, -0.2) is 0 Å². The molecule has 0 aliphatic heterocycles. The van der Waals surface area contributed by atoms with Crippen molar-refractivity contribution in [3.63, 3.8) is 0 Å². The summed E-state index contributed by atoms with van der Waals surface area (Å²) < 4.78 is 6.13. The van der Waals surface area contributed by atoms with E-state index in [-0.39, 0.29) is 0 Å². The molecular formula is C18H27NO. The molecule has 1 aromatic carbocycles. The third kappa shape index (κ3) is 3.54. The number of rotatable bonds is 7. The van der Waals surface area contributed by atoms with Crippen molar-refractivity contribution < 1.29 is 4.74 Å². The van der Waals surface area contributed by atoms with Crippen molar-refractivity contribution in [3.8, 4) is 5.75 Å². The number of hydrogen-bond acceptors (Lipinski definition) is 2. The van der Waals surface area contributed by atoms with E-state index in [1.165, 1.54) is 55.4 Å². The fourth-order valence-corrected chi connectivity index (χ4v) is 3.06. The fraction of sp³-hybridized carbons (Fsp3) is 0.667. The van der Waals surface area contributed by atoms with Gasteiger partial charge in [0.2, 0.25) is 0 Å². The van der Waals surface area contributed by atoms with E-state index in [4.69, 9.17) is 4.74 Å². The Bertz CT molecular complexity index is 463. The summed E-state index contributed by atoms with van der Waals surface area (Å²) in [5, 5.41) is 0. The zero-order chi connectivity index (χ0) is 13.9. The predicted molar refractivity (Wildman–Crippen MR) is 83.6 cm³/mol. The molecule has 3 rings (SSSR count). The summed E-state index contributed by atoms with van der Waals surface area (Å²) in [6.07, 6.45) is 8.91. The van der Waals surface area contributed by atoms with Crippen LogP contribution < -0.4 is 4.74 Å². The van der Waals surface area contributed by atoms with Gasteiger partial charge in [-0.15, -0.1) is 0 Å². The quantitative estimate of drug-likeness (QED) is 0.754. The van der Waals surface area contributed by atoms with Crippen LogP contribution in [0.2, 0.25) is 0 Å². The maximum Gasteiger partial charge on any atom is 0.122 e. The molecule has 0 amide bonds. The van der Waals surface area contributed by atoms with Crippen molar-refractivity contribution in [3.05, 3.63) is 28.8 Å². The van der Waals surface area contributed by atoms with Crippen molar-refractivity contribution >= 4 is 0 Å². The molecule has 1 fully saturated rings. The zero-order valence-electron chi connectivity index (χ0n) is 13.0.